The first-order valence-corrected chi connectivity index (χ1v) is 12.8. The van der Waals surface area contributed by atoms with Crippen LogP contribution in [0.25, 0.3) is 0 Å². The highest BCUT2D eigenvalue weighted by atomic mass is 16.2. The summed E-state index contributed by atoms with van der Waals surface area (Å²) in [7, 11) is 0. The van der Waals surface area contributed by atoms with E-state index in [2.05, 4.69) is 26.6 Å². The van der Waals surface area contributed by atoms with E-state index in [0.717, 1.165) is 12.0 Å². The molecule has 0 aliphatic heterocycles. The van der Waals surface area contributed by atoms with Crippen molar-refractivity contribution in [1.82, 2.24) is 26.6 Å². The van der Waals surface area contributed by atoms with Gasteiger partial charge in [0.2, 0.25) is 30.0 Å². The maximum absolute atomic E-state index is 11.8. The summed E-state index contributed by atoms with van der Waals surface area (Å²) in [6, 6.07) is 9.83. The number of carbonyl (C=O) groups excluding carboxylic acids is 5. The predicted octanol–water partition coefficient (Wildman–Crippen LogP) is 1.93. The van der Waals surface area contributed by atoms with E-state index in [1.807, 2.05) is 71.9 Å². The van der Waals surface area contributed by atoms with Gasteiger partial charge in [0.1, 0.15) is 0 Å². The van der Waals surface area contributed by atoms with Crippen LogP contribution < -0.4 is 26.6 Å². The maximum atomic E-state index is 11.8. The number of rotatable bonds is 11. The predicted molar refractivity (Wildman–Crippen MR) is 149 cm³/mol. The molecule has 212 valence electrons. The molecular formula is C27H49N5O5. The Hall–Kier alpha value is -3.43. The molecule has 1 rings (SSSR count). The van der Waals surface area contributed by atoms with Crippen molar-refractivity contribution >= 4 is 30.0 Å². The van der Waals surface area contributed by atoms with Gasteiger partial charge in [-0.15, -0.1) is 0 Å². The number of amides is 5. The number of nitrogens with one attached hydrogen (secondary N) is 5. The normalized spacial score (nSPS) is 10.2. The van der Waals surface area contributed by atoms with Gasteiger partial charge < -0.3 is 26.6 Å². The topological polar surface area (TPSA) is 146 Å². The van der Waals surface area contributed by atoms with E-state index in [9.17, 15) is 24.0 Å². The monoisotopic (exact) mass is 523 g/mol. The van der Waals surface area contributed by atoms with E-state index in [1.54, 1.807) is 20.8 Å². The summed E-state index contributed by atoms with van der Waals surface area (Å²) in [4.78, 5) is 55.2. The quantitative estimate of drug-likeness (QED) is 0.281. The molecule has 0 radical (unpaired) electrons. The van der Waals surface area contributed by atoms with Gasteiger partial charge in [0.25, 0.3) is 0 Å². The number of carbonyl (C=O) groups is 5. The Morgan fingerprint density at radius 3 is 1.81 bits per heavy atom. The van der Waals surface area contributed by atoms with Gasteiger partial charge in [-0.1, -0.05) is 78.8 Å². The van der Waals surface area contributed by atoms with Crippen LogP contribution in [0.2, 0.25) is 0 Å². The SMILES string of the molecule is CC.CC.CC(Cc1ccccc1)NC(=O)CNC(=O)CNC(=O)C(C)(C)C.CCNC(=O)CNC=O. The average Bonchev–Trinajstić information content (AvgIpc) is 2.87. The molecule has 5 N–H and O–H groups in total. The van der Waals surface area contributed by atoms with Crippen molar-refractivity contribution in [2.75, 3.05) is 26.2 Å². The van der Waals surface area contributed by atoms with Crippen LogP contribution in [0.15, 0.2) is 30.3 Å². The number of hydrogen-bond donors (Lipinski definition) is 5. The van der Waals surface area contributed by atoms with Gasteiger partial charge >= 0.3 is 0 Å². The van der Waals surface area contributed by atoms with Crippen LogP contribution in [0.5, 0.6) is 0 Å². The Labute approximate surface area is 223 Å². The molecule has 0 saturated carbocycles. The van der Waals surface area contributed by atoms with Crippen molar-refractivity contribution in [2.45, 2.75) is 74.8 Å². The summed E-state index contributed by atoms with van der Waals surface area (Å²) in [5.41, 5.74) is 0.587. The van der Waals surface area contributed by atoms with Crippen molar-refractivity contribution < 1.29 is 24.0 Å². The van der Waals surface area contributed by atoms with Crippen molar-refractivity contribution in [3.63, 3.8) is 0 Å². The summed E-state index contributed by atoms with van der Waals surface area (Å²) in [5, 5.41) is 12.6. The Morgan fingerprint density at radius 2 is 1.32 bits per heavy atom. The van der Waals surface area contributed by atoms with Gasteiger partial charge in [-0.05, 0) is 25.8 Å². The molecule has 1 unspecified atom stereocenters. The van der Waals surface area contributed by atoms with E-state index in [1.165, 1.54) is 0 Å². The molecule has 0 spiro atoms. The van der Waals surface area contributed by atoms with Gasteiger partial charge in [0.05, 0.1) is 19.6 Å². The van der Waals surface area contributed by atoms with E-state index in [0.29, 0.717) is 13.0 Å². The third-order valence-electron chi connectivity index (χ3n) is 4.05. The third kappa shape index (κ3) is 24.1. The minimum absolute atomic E-state index is 0.0302. The molecule has 1 aromatic carbocycles. The van der Waals surface area contributed by atoms with Gasteiger partial charge in [-0.25, -0.2) is 0 Å². The molecule has 1 atom stereocenters. The van der Waals surface area contributed by atoms with Gasteiger partial charge in [0, 0.05) is 18.0 Å². The molecule has 0 saturated heterocycles. The zero-order chi connectivity index (χ0) is 29.3. The third-order valence-corrected chi connectivity index (χ3v) is 4.05. The lowest BCUT2D eigenvalue weighted by atomic mass is 9.96. The van der Waals surface area contributed by atoms with Crippen LogP contribution in [0.3, 0.4) is 0 Å². The zero-order valence-corrected chi connectivity index (χ0v) is 24.1. The first-order chi connectivity index (χ1) is 17.5. The zero-order valence-electron chi connectivity index (χ0n) is 24.1. The van der Waals surface area contributed by atoms with E-state index in [4.69, 9.17) is 0 Å². The van der Waals surface area contributed by atoms with Crippen LogP contribution in [-0.4, -0.2) is 62.3 Å². The van der Waals surface area contributed by atoms with Crippen LogP contribution in [0.1, 0.15) is 67.9 Å². The minimum Gasteiger partial charge on any atom is -0.355 e. The summed E-state index contributed by atoms with van der Waals surface area (Å²) >= 11 is 0. The number of benzene rings is 1. The number of hydrogen-bond acceptors (Lipinski definition) is 5. The maximum Gasteiger partial charge on any atom is 0.239 e. The lowest BCUT2D eigenvalue weighted by Crippen LogP contribution is -2.45. The summed E-state index contributed by atoms with van der Waals surface area (Å²) in [6.45, 7) is 17.4. The molecular weight excluding hydrogens is 474 g/mol. The summed E-state index contributed by atoms with van der Waals surface area (Å²) < 4.78 is 0. The average molecular weight is 524 g/mol. The second kappa shape index (κ2) is 24.3. The molecule has 0 bridgehead atoms. The fraction of sp³-hybridized carbons (Fsp3) is 0.593. The van der Waals surface area contributed by atoms with Crippen molar-refractivity contribution in [3.8, 4) is 0 Å². The highest BCUT2D eigenvalue weighted by Gasteiger charge is 2.21. The molecule has 0 aromatic heterocycles. The lowest BCUT2D eigenvalue weighted by Gasteiger charge is -2.17. The van der Waals surface area contributed by atoms with Crippen LogP contribution in [0, 0.1) is 5.41 Å². The molecule has 10 heteroatoms. The Balaban J connectivity index is -0.000000744. The van der Waals surface area contributed by atoms with Crippen molar-refractivity contribution in [3.05, 3.63) is 35.9 Å². The fourth-order valence-corrected chi connectivity index (χ4v) is 2.41. The van der Waals surface area contributed by atoms with Gasteiger partial charge in [0.15, 0.2) is 0 Å². The van der Waals surface area contributed by atoms with Crippen molar-refractivity contribution in [1.29, 1.82) is 0 Å². The van der Waals surface area contributed by atoms with Gasteiger partial charge in [-0.2, -0.15) is 0 Å². The van der Waals surface area contributed by atoms with Crippen molar-refractivity contribution in [2.24, 2.45) is 5.41 Å². The molecule has 0 fully saturated rings. The lowest BCUT2D eigenvalue weighted by molar-refractivity contribution is -0.131. The largest absolute Gasteiger partial charge is 0.355 e. The minimum atomic E-state index is -0.551. The van der Waals surface area contributed by atoms with Crippen LogP contribution in [-0.2, 0) is 30.4 Å². The van der Waals surface area contributed by atoms with Crippen LogP contribution in [0.4, 0.5) is 0 Å². The standard InChI is InChI=1S/C18H27N3O3.C5H10N2O2.2C2H6/c1-13(10-14-8-6-5-7-9-14)21-16(23)12-19-15(22)11-20-17(24)18(2,3)4;1-2-7-5(9)3-6-4-8;2*1-2/h5-9,13H,10-12H2,1-4H3,(H,19,22)(H,20,24)(H,21,23);4H,2-3H2,1H3,(H,6,8)(H,7,9);2*1-2H3. The first kappa shape index (κ1) is 38.1. The summed E-state index contributed by atoms with van der Waals surface area (Å²) in [5.74, 6) is -1.02. The van der Waals surface area contributed by atoms with E-state index >= 15 is 0 Å². The second-order valence-corrected chi connectivity index (χ2v) is 8.32. The Kier molecular flexibility index (Phi) is 25.0. The van der Waals surface area contributed by atoms with E-state index in [-0.39, 0.29) is 43.4 Å². The molecule has 0 aliphatic carbocycles. The molecule has 5 amide bonds. The first-order valence-electron chi connectivity index (χ1n) is 12.8. The second-order valence-electron chi connectivity index (χ2n) is 8.32. The smallest absolute Gasteiger partial charge is 0.239 e. The molecule has 0 heterocycles. The van der Waals surface area contributed by atoms with Gasteiger partial charge in [-0.3, -0.25) is 24.0 Å². The van der Waals surface area contributed by atoms with E-state index < -0.39 is 11.3 Å². The molecule has 37 heavy (non-hydrogen) atoms. The highest BCUT2D eigenvalue weighted by molar-refractivity contribution is 5.89. The molecule has 1 aromatic rings. The number of likely N-dealkylation sites (N-methyl/N-ethyl adjacent to an activating group) is 1. The van der Waals surface area contributed by atoms with Crippen LogP contribution >= 0.6 is 0 Å². The summed E-state index contributed by atoms with van der Waals surface area (Å²) in [6.07, 6.45) is 1.22. The molecule has 0 aliphatic rings. The highest BCUT2D eigenvalue weighted by Crippen LogP contribution is 2.11. The Morgan fingerprint density at radius 1 is 0.811 bits per heavy atom. The fourth-order valence-electron chi connectivity index (χ4n) is 2.41. The molecule has 10 nitrogen and oxygen atoms in total. The Bertz CT molecular complexity index is 764.